The van der Waals surface area contributed by atoms with Crippen LogP contribution in [0.5, 0.6) is 0 Å². The zero-order chi connectivity index (χ0) is 13.7. The minimum absolute atomic E-state index is 0.152. The van der Waals surface area contributed by atoms with Crippen LogP contribution in [0.15, 0.2) is 18.2 Å². The molecule has 18 heavy (non-hydrogen) atoms. The van der Waals surface area contributed by atoms with E-state index < -0.39 is 16.2 Å². The highest BCUT2D eigenvalue weighted by molar-refractivity contribution is 6.12. The molecule has 0 spiro atoms. The van der Waals surface area contributed by atoms with Gasteiger partial charge in [-0.05, 0) is 19.4 Å². The fourth-order valence-electron chi connectivity index (χ4n) is 2.18. The summed E-state index contributed by atoms with van der Waals surface area (Å²) in [5.74, 6) is -0.813. The van der Waals surface area contributed by atoms with Crippen LogP contribution in [-0.2, 0) is 10.2 Å². The number of carbonyl (C=O) groups excluding carboxylic acids is 2. The summed E-state index contributed by atoms with van der Waals surface area (Å²) in [7, 11) is 1.38. The predicted molar refractivity (Wildman–Crippen MR) is 63.2 cm³/mol. The van der Waals surface area contributed by atoms with Gasteiger partial charge >= 0.3 is 0 Å². The number of nitro benzene ring substituents is 1. The monoisotopic (exact) mass is 248 g/mol. The number of hydrogen-bond acceptors (Lipinski definition) is 4. The second kappa shape index (κ2) is 3.63. The van der Waals surface area contributed by atoms with E-state index in [9.17, 15) is 19.7 Å². The molecule has 0 atom stereocenters. The molecule has 1 aliphatic heterocycles. The lowest BCUT2D eigenvalue weighted by Gasteiger charge is -2.35. The Balaban J connectivity index is 2.71. The van der Waals surface area contributed by atoms with E-state index >= 15 is 0 Å². The minimum Gasteiger partial charge on any atom is -0.281 e. The molecule has 2 amide bonds. The molecular formula is C12H12N2O4. The van der Waals surface area contributed by atoms with Crippen LogP contribution in [0, 0.1) is 10.1 Å². The molecule has 0 unspecified atom stereocenters. The molecule has 0 saturated carbocycles. The normalized spacial score (nSPS) is 17.6. The number of nitrogens with zero attached hydrogens (tertiary/aromatic N) is 2. The molecule has 0 bridgehead atoms. The highest BCUT2D eigenvalue weighted by Crippen LogP contribution is 2.35. The van der Waals surface area contributed by atoms with Crippen molar-refractivity contribution in [2.75, 3.05) is 7.05 Å². The maximum Gasteiger partial charge on any atom is 0.270 e. The van der Waals surface area contributed by atoms with Crippen molar-refractivity contribution in [3.05, 3.63) is 39.4 Å². The molecule has 1 heterocycles. The van der Waals surface area contributed by atoms with Gasteiger partial charge in [0.1, 0.15) is 0 Å². The lowest BCUT2D eigenvalue weighted by Crippen LogP contribution is -2.49. The molecule has 0 fully saturated rings. The van der Waals surface area contributed by atoms with Gasteiger partial charge in [0.15, 0.2) is 0 Å². The predicted octanol–water partition coefficient (Wildman–Crippen LogP) is 1.48. The number of hydrogen-bond donors (Lipinski definition) is 0. The van der Waals surface area contributed by atoms with Gasteiger partial charge in [0.05, 0.1) is 15.9 Å². The van der Waals surface area contributed by atoms with Crippen molar-refractivity contribution >= 4 is 17.5 Å². The van der Waals surface area contributed by atoms with Crippen LogP contribution in [0.25, 0.3) is 0 Å². The molecule has 1 aromatic carbocycles. The Morgan fingerprint density at radius 3 is 2.44 bits per heavy atom. The quantitative estimate of drug-likeness (QED) is 0.428. The number of fused-ring (bicyclic) bond motifs is 1. The Hall–Kier alpha value is -2.24. The summed E-state index contributed by atoms with van der Waals surface area (Å²) >= 11 is 0. The number of benzene rings is 1. The lowest BCUT2D eigenvalue weighted by atomic mass is 9.77. The molecule has 6 heteroatoms. The van der Waals surface area contributed by atoms with E-state index in [1.54, 1.807) is 13.8 Å². The van der Waals surface area contributed by atoms with Crippen molar-refractivity contribution < 1.29 is 14.5 Å². The first-order valence-electron chi connectivity index (χ1n) is 5.38. The van der Waals surface area contributed by atoms with Crippen LogP contribution in [0.3, 0.4) is 0 Å². The van der Waals surface area contributed by atoms with Crippen LogP contribution in [0.2, 0.25) is 0 Å². The number of carbonyl (C=O) groups is 2. The molecule has 0 aromatic heterocycles. The fourth-order valence-corrected chi connectivity index (χ4v) is 2.18. The summed E-state index contributed by atoms with van der Waals surface area (Å²) in [4.78, 5) is 35.1. The van der Waals surface area contributed by atoms with E-state index in [-0.39, 0.29) is 17.2 Å². The van der Waals surface area contributed by atoms with Crippen molar-refractivity contribution in [2.24, 2.45) is 0 Å². The van der Waals surface area contributed by atoms with E-state index in [1.807, 2.05) is 0 Å². The first-order chi connectivity index (χ1) is 8.26. The van der Waals surface area contributed by atoms with Crippen LogP contribution < -0.4 is 0 Å². The summed E-state index contributed by atoms with van der Waals surface area (Å²) < 4.78 is 0. The maximum absolute atomic E-state index is 12.0. The molecule has 0 N–H and O–H groups in total. The molecule has 0 saturated heterocycles. The standard InChI is InChI=1S/C12H12N2O4/c1-12(2)9-5-4-7(14(17)18)6-8(9)10(15)13(3)11(12)16/h4-6H,1-3H3. The Morgan fingerprint density at radius 2 is 1.89 bits per heavy atom. The van der Waals surface area contributed by atoms with Crippen LogP contribution in [-0.4, -0.2) is 28.7 Å². The van der Waals surface area contributed by atoms with Gasteiger partial charge in [-0.15, -0.1) is 0 Å². The van der Waals surface area contributed by atoms with Gasteiger partial charge < -0.3 is 0 Å². The van der Waals surface area contributed by atoms with Crippen molar-refractivity contribution in [3.63, 3.8) is 0 Å². The Bertz CT molecular complexity index is 577. The van der Waals surface area contributed by atoms with E-state index in [4.69, 9.17) is 0 Å². The van der Waals surface area contributed by atoms with Crippen LogP contribution in [0.4, 0.5) is 5.69 Å². The summed E-state index contributed by atoms with van der Waals surface area (Å²) in [6, 6.07) is 4.02. The molecule has 94 valence electrons. The molecule has 6 nitrogen and oxygen atoms in total. The molecule has 1 aliphatic rings. The Labute approximate surface area is 103 Å². The third-order valence-corrected chi connectivity index (χ3v) is 3.26. The largest absolute Gasteiger partial charge is 0.281 e. The topological polar surface area (TPSA) is 80.5 Å². The SMILES string of the molecule is CN1C(=O)c2cc([N+](=O)[O-])ccc2C(C)(C)C1=O. The second-order valence-corrected chi connectivity index (χ2v) is 4.78. The van der Waals surface area contributed by atoms with Gasteiger partial charge in [0.25, 0.3) is 11.6 Å². The van der Waals surface area contributed by atoms with Crippen LogP contribution in [0.1, 0.15) is 29.8 Å². The number of amides is 2. The first kappa shape index (κ1) is 12.2. The third-order valence-electron chi connectivity index (χ3n) is 3.26. The number of imide groups is 1. The summed E-state index contributed by atoms with van der Waals surface area (Å²) in [6.07, 6.45) is 0. The third kappa shape index (κ3) is 1.49. The molecule has 0 radical (unpaired) electrons. The average Bonchev–Trinajstić information content (AvgIpc) is 2.33. The van der Waals surface area contributed by atoms with E-state index in [2.05, 4.69) is 0 Å². The van der Waals surface area contributed by atoms with Crippen molar-refractivity contribution in [3.8, 4) is 0 Å². The van der Waals surface area contributed by atoms with E-state index in [1.165, 1.54) is 25.2 Å². The molecule has 0 aliphatic carbocycles. The smallest absolute Gasteiger partial charge is 0.270 e. The highest BCUT2D eigenvalue weighted by atomic mass is 16.6. The number of likely N-dealkylation sites (N-methyl/N-ethyl adjacent to an activating group) is 1. The highest BCUT2D eigenvalue weighted by Gasteiger charge is 2.43. The average molecular weight is 248 g/mol. The maximum atomic E-state index is 12.0. The van der Waals surface area contributed by atoms with Gasteiger partial charge in [-0.25, -0.2) is 0 Å². The van der Waals surface area contributed by atoms with Crippen molar-refractivity contribution in [1.82, 2.24) is 4.90 Å². The van der Waals surface area contributed by atoms with Gasteiger partial charge in [0.2, 0.25) is 5.91 Å². The first-order valence-corrected chi connectivity index (χ1v) is 5.38. The Kier molecular flexibility index (Phi) is 2.46. The lowest BCUT2D eigenvalue weighted by molar-refractivity contribution is -0.384. The van der Waals surface area contributed by atoms with Gasteiger partial charge in [0, 0.05) is 19.2 Å². The fraction of sp³-hybridized carbons (Fsp3) is 0.333. The summed E-state index contributed by atoms with van der Waals surface area (Å²) in [6.45, 7) is 3.39. The number of non-ortho nitro benzene ring substituents is 1. The zero-order valence-corrected chi connectivity index (χ0v) is 10.3. The van der Waals surface area contributed by atoms with Gasteiger partial charge in [-0.3, -0.25) is 24.6 Å². The van der Waals surface area contributed by atoms with E-state index in [0.29, 0.717) is 5.56 Å². The molecular weight excluding hydrogens is 236 g/mol. The summed E-state index contributed by atoms with van der Waals surface area (Å²) in [5.41, 5.74) is -0.259. The van der Waals surface area contributed by atoms with Gasteiger partial charge in [-0.1, -0.05) is 6.07 Å². The van der Waals surface area contributed by atoms with Crippen molar-refractivity contribution in [2.45, 2.75) is 19.3 Å². The molecule has 1 aromatic rings. The van der Waals surface area contributed by atoms with E-state index in [0.717, 1.165) is 4.90 Å². The number of rotatable bonds is 1. The zero-order valence-electron chi connectivity index (χ0n) is 10.3. The van der Waals surface area contributed by atoms with Crippen molar-refractivity contribution in [1.29, 1.82) is 0 Å². The Morgan fingerprint density at radius 1 is 1.28 bits per heavy atom. The second-order valence-electron chi connectivity index (χ2n) is 4.78. The summed E-state index contributed by atoms with van der Waals surface area (Å²) in [5, 5.41) is 10.7. The molecule has 2 rings (SSSR count). The van der Waals surface area contributed by atoms with Crippen LogP contribution >= 0.6 is 0 Å². The number of nitro groups is 1. The van der Waals surface area contributed by atoms with Gasteiger partial charge in [-0.2, -0.15) is 0 Å². The minimum atomic E-state index is -0.854.